The van der Waals surface area contributed by atoms with E-state index in [0.717, 1.165) is 5.56 Å². The maximum Gasteiger partial charge on any atom is 0.326 e. The topological polar surface area (TPSA) is 88.4 Å². The van der Waals surface area contributed by atoms with Gasteiger partial charge in [0.25, 0.3) is 11.5 Å². The molecule has 0 saturated heterocycles. The summed E-state index contributed by atoms with van der Waals surface area (Å²) < 4.78 is 1.37. The lowest BCUT2D eigenvalue weighted by Crippen LogP contribution is -2.42. The number of nitrogens with zero attached hydrogens (tertiary/aromatic N) is 1. The van der Waals surface area contributed by atoms with Crippen LogP contribution >= 0.6 is 11.6 Å². The third kappa shape index (κ3) is 5.20. The Morgan fingerprint density at radius 2 is 1.88 bits per heavy atom. The predicted octanol–water partition coefficient (Wildman–Crippen LogP) is 2.78. The molecule has 0 fully saturated rings. The van der Waals surface area contributed by atoms with Gasteiger partial charge < -0.3 is 15.0 Å². The Morgan fingerprint density at radius 1 is 1.19 bits per heavy atom. The lowest BCUT2D eigenvalue weighted by Gasteiger charge is -2.17. The summed E-state index contributed by atoms with van der Waals surface area (Å²) in [5.74, 6) is -1.51. The second-order valence-corrected chi connectivity index (χ2v) is 6.88. The maximum absolute atomic E-state index is 12.4. The minimum absolute atomic E-state index is 0.116. The van der Waals surface area contributed by atoms with Crippen LogP contribution in [0.15, 0.2) is 47.4 Å². The first-order valence-corrected chi connectivity index (χ1v) is 8.63. The largest absolute Gasteiger partial charge is 0.480 e. The molecule has 0 saturated carbocycles. The molecule has 2 aromatic rings. The molecule has 1 unspecified atom stereocenters. The van der Waals surface area contributed by atoms with Crippen LogP contribution in [0.2, 0.25) is 5.02 Å². The third-order valence-electron chi connectivity index (χ3n) is 3.85. The van der Waals surface area contributed by atoms with Gasteiger partial charge in [0.2, 0.25) is 0 Å². The van der Waals surface area contributed by atoms with Gasteiger partial charge in [0, 0.05) is 17.3 Å². The van der Waals surface area contributed by atoms with Crippen molar-refractivity contribution in [1.29, 1.82) is 0 Å². The highest BCUT2D eigenvalue weighted by atomic mass is 35.5. The van der Waals surface area contributed by atoms with E-state index in [1.807, 2.05) is 19.9 Å². The molecule has 0 aliphatic heterocycles. The molecule has 26 heavy (non-hydrogen) atoms. The Bertz CT molecular complexity index is 861. The van der Waals surface area contributed by atoms with Gasteiger partial charge in [-0.2, -0.15) is 0 Å². The average molecular weight is 377 g/mol. The molecule has 1 heterocycles. The molecule has 2 N–H and O–H groups in total. The molecule has 0 spiro atoms. The third-order valence-corrected chi connectivity index (χ3v) is 4.22. The van der Waals surface area contributed by atoms with E-state index < -0.39 is 17.9 Å². The SMILES string of the molecule is CC(C)CC(NC(=O)c1ccc(=O)n(Cc2ccccc2Cl)c1)C(=O)O. The number of pyridine rings is 1. The van der Waals surface area contributed by atoms with Crippen LogP contribution in [-0.4, -0.2) is 27.6 Å². The van der Waals surface area contributed by atoms with Gasteiger partial charge in [0.15, 0.2) is 0 Å². The highest BCUT2D eigenvalue weighted by Crippen LogP contribution is 2.15. The summed E-state index contributed by atoms with van der Waals surface area (Å²) in [4.78, 5) is 35.8. The first-order valence-electron chi connectivity index (χ1n) is 8.25. The molecule has 6 nitrogen and oxygen atoms in total. The van der Waals surface area contributed by atoms with E-state index >= 15 is 0 Å². The molecule has 0 aliphatic carbocycles. The average Bonchev–Trinajstić information content (AvgIpc) is 2.57. The van der Waals surface area contributed by atoms with Gasteiger partial charge in [0.1, 0.15) is 6.04 Å². The summed E-state index contributed by atoms with van der Waals surface area (Å²) in [5, 5.41) is 12.3. The van der Waals surface area contributed by atoms with Gasteiger partial charge in [-0.15, -0.1) is 0 Å². The highest BCUT2D eigenvalue weighted by Gasteiger charge is 2.22. The van der Waals surface area contributed by atoms with Gasteiger partial charge in [-0.25, -0.2) is 4.79 Å². The molecule has 1 aromatic heterocycles. The van der Waals surface area contributed by atoms with Crippen LogP contribution in [0.3, 0.4) is 0 Å². The summed E-state index contributed by atoms with van der Waals surface area (Å²) in [6.45, 7) is 3.98. The van der Waals surface area contributed by atoms with E-state index in [-0.39, 0.29) is 23.6 Å². The van der Waals surface area contributed by atoms with E-state index in [1.165, 1.54) is 22.9 Å². The lowest BCUT2D eigenvalue weighted by molar-refractivity contribution is -0.139. The zero-order chi connectivity index (χ0) is 19.3. The first kappa shape index (κ1) is 19.7. The number of hydrogen-bond acceptors (Lipinski definition) is 3. The van der Waals surface area contributed by atoms with Crippen molar-refractivity contribution in [3.05, 3.63) is 69.1 Å². The molecular weight excluding hydrogens is 356 g/mol. The quantitative estimate of drug-likeness (QED) is 0.777. The van der Waals surface area contributed by atoms with E-state index in [4.69, 9.17) is 11.6 Å². The van der Waals surface area contributed by atoms with Crippen molar-refractivity contribution < 1.29 is 14.7 Å². The van der Waals surface area contributed by atoms with Crippen LogP contribution in [0.25, 0.3) is 0 Å². The van der Waals surface area contributed by atoms with E-state index in [1.54, 1.807) is 18.2 Å². The second-order valence-electron chi connectivity index (χ2n) is 6.47. The summed E-state index contributed by atoms with van der Waals surface area (Å²) >= 11 is 6.12. The number of rotatable bonds is 7. The van der Waals surface area contributed by atoms with Crippen molar-refractivity contribution in [3.8, 4) is 0 Å². The van der Waals surface area contributed by atoms with Crippen molar-refractivity contribution in [1.82, 2.24) is 9.88 Å². The number of carbonyl (C=O) groups excluding carboxylic acids is 1. The monoisotopic (exact) mass is 376 g/mol. The fourth-order valence-corrected chi connectivity index (χ4v) is 2.73. The van der Waals surface area contributed by atoms with E-state index in [9.17, 15) is 19.5 Å². The molecule has 0 radical (unpaired) electrons. The Labute approximate surface area is 156 Å². The Balaban J connectivity index is 2.22. The van der Waals surface area contributed by atoms with Crippen molar-refractivity contribution in [2.24, 2.45) is 5.92 Å². The van der Waals surface area contributed by atoms with Gasteiger partial charge in [-0.3, -0.25) is 9.59 Å². The molecule has 7 heteroatoms. The number of carboxylic acid groups (broad SMARTS) is 1. The van der Waals surface area contributed by atoms with Crippen LogP contribution < -0.4 is 10.9 Å². The normalized spacial score (nSPS) is 12.0. The van der Waals surface area contributed by atoms with E-state index in [0.29, 0.717) is 11.4 Å². The number of aromatic nitrogens is 1. The van der Waals surface area contributed by atoms with Crippen LogP contribution in [0.1, 0.15) is 36.2 Å². The van der Waals surface area contributed by atoms with Gasteiger partial charge >= 0.3 is 5.97 Å². The molecule has 0 bridgehead atoms. The van der Waals surface area contributed by atoms with Gasteiger partial charge in [-0.05, 0) is 30.0 Å². The number of benzene rings is 1. The molecule has 1 atom stereocenters. The lowest BCUT2D eigenvalue weighted by atomic mass is 10.0. The van der Waals surface area contributed by atoms with Crippen LogP contribution in [-0.2, 0) is 11.3 Å². The number of carboxylic acids is 1. The number of aliphatic carboxylic acids is 1. The highest BCUT2D eigenvalue weighted by molar-refractivity contribution is 6.31. The Kier molecular flexibility index (Phi) is 6.58. The summed E-state index contributed by atoms with van der Waals surface area (Å²) in [7, 11) is 0. The number of hydrogen-bond donors (Lipinski definition) is 2. The molecule has 138 valence electrons. The zero-order valence-corrected chi connectivity index (χ0v) is 15.4. The standard InChI is InChI=1S/C19H21ClN2O4/c1-12(2)9-16(19(25)26)21-18(24)14-7-8-17(23)22(11-14)10-13-5-3-4-6-15(13)20/h3-8,11-12,16H,9-10H2,1-2H3,(H,21,24)(H,25,26). The van der Waals surface area contributed by atoms with Crippen molar-refractivity contribution in [2.75, 3.05) is 0 Å². The van der Waals surface area contributed by atoms with Gasteiger partial charge in [-0.1, -0.05) is 43.6 Å². The predicted molar refractivity (Wildman–Crippen MR) is 99.6 cm³/mol. The van der Waals surface area contributed by atoms with Crippen LogP contribution in [0.5, 0.6) is 0 Å². The number of nitrogens with one attached hydrogen (secondary N) is 1. The smallest absolute Gasteiger partial charge is 0.326 e. The molecule has 0 aliphatic rings. The fourth-order valence-electron chi connectivity index (χ4n) is 2.53. The molecule has 1 amide bonds. The summed E-state index contributed by atoms with van der Waals surface area (Å²) in [6.07, 6.45) is 1.73. The fraction of sp³-hybridized carbons (Fsp3) is 0.316. The Hall–Kier alpha value is -2.60. The van der Waals surface area contributed by atoms with Gasteiger partial charge in [0.05, 0.1) is 12.1 Å². The van der Waals surface area contributed by atoms with E-state index in [2.05, 4.69) is 5.32 Å². The number of amides is 1. The molecule has 2 rings (SSSR count). The minimum atomic E-state index is -1.09. The number of carbonyl (C=O) groups is 2. The minimum Gasteiger partial charge on any atom is -0.480 e. The maximum atomic E-state index is 12.4. The molecular formula is C19H21ClN2O4. The number of halogens is 1. The Morgan fingerprint density at radius 3 is 2.50 bits per heavy atom. The zero-order valence-electron chi connectivity index (χ0n) is 14.6. The van der Waals surface area contributed by atoms with Crippen molar-refractivity contribution in [2.45, 2.75) is 32.9 Å². The van der Waals surface area contributed by atoms with Crippen molar-refractivity contribution in [3.63, 3.8) is 0 Å². The first-order chi connectivity index (χ1) is 12.3. The second kappa shape index (κ2) is 8.67. The molecule has 1 aromatic carbocycles. The summed E-state index contributed by atoms with van der Waals surface area (Å²) in [5.41, 5.74) is 0.683. The summed E-state index contributed by atoms with van der Waals surface area (Å²) in [6, 6.07) is 8.81. The van der Waals surface area contributed by atoms with Crippen LogP contribution in [0, 0.1) is 5.92 Å². The van der Waals surface area contributed by atoms with Crippen LogP contribution in [0.4, 0.5) is 0 Å². The van der Waals surface area contributed by atoms with Crippen molar-refractivity contribution >= 4 is 23.5 Å².